The number of piperidine rings is 1. The Morgan fingerprint density at radius 1 is 1.07 bits per heavy atom. The number of ketones is 1. The van der Waals surface area contributed by atoms with Gasteiger partial charge in [0.2, 0.25) is 0 Å². The first kappa shape index (κ1) is 18.5. The van der Waals surface area contributed by atoms with E-state index in [1.165, 1.54) is 0 Å². The van der Waals surface area contributed by atoms with Crippen LogP contribution in [0.15, 0.2) is 65.6 Å². The summed E-state index contributed by atoms with van der Waals surface area (Å²) in [5.74, 6) is -0.0764. The number of benzene rings is 2. The van der Waals surface area contributed by atoms with Gasteiger partial charge < -0.3 is 0 Å². The first-order chi connectivity index (χ1) is 14.4. The van der Waals surface area contributed by atoms with Gasteiger partial charge in [-0.25, -0.2) is 8.42 Å². The van der Waals surface area contributed by atoms with E-state index in [0.29, 0.717) is 6.42 Å². The van der Waals surface area contributed by atoms with Gasteiger partial charge in [0.15, 0.2) is 20.4 Å². The molecule has 4 nitrogen and oxygen atoms in total. The van der Waals surface area contributed by atoms with E-state index in [2.05, 4.69) is 11.5 Å². The summed E-state index contributed by atoms with van der Waals surface area (Å²) >= 11 is 0. The lowest BCUT2D eigenvalue weighted by molar-refractivity contribution is -0.121. The molecule has 4 bridgehead atoms. The van der Waals surface area contributed by atoms with E-state index < -0.39 is 26.7 Å². The van der Waals surface area contributed by atoms with Crippen LogP contribution < -0.4 is 0 Å². The quantitative estimate of drug-likeness (QED) is 0.681. The van der Waals surface area contributed by atoms with Gasteiger partial charge in [0, 0.05) is 6.04 Å². The molecule has 30 heavy (non-hydrogen) atoms. The summed E-state index contributed by atoms with van der Waals surface area (Å²) in [4.78, 5) is 16.5. The fraction of sp³-hybridized carbons (Fsp3) is 0.400. The van der Waals surface area contributed by atoms with Crippen LogP contribution in [0.2, 0.25) is 0 Å². The maximum absolute atomic E-state index is 14.2. The fourth-order valence-electron chi connectivity index (χ4n) is 6.69. The highest BCUT2D eigenvalue weighted by atomic mass is 32.2. The molecule has 0 amide bonds. The summed E-state index contributed by atoms with van der Waals surface area (Å²) < 4.78 is 27.0. The summed E-state index contributed by atoms with van der Waals surface area (Å²) in [5, 5.41) is 0. The highest BCUT2D eigenvalue weighted by Crippen LogP contribution is 2.67. The molecule has 5 heteroatoms. The SMILES string of the molecule is C=C1CCC[C@@H]2[C@@H]1CC1(S(=O)(=O)c3ccc(C)cc3)C(=O)C3c4ccccc4C1N32. The van der Waals surface area contributed by atoms with Crippen LogP contribution in [0.4, 0.5) is 0 Å². The first-order valence-electron chi connectivity index (χ1n) is 10.8. The minimum atomic E-state index is -3.88. The molecule has 3 fully saturated rings. The Balaban J connectivity index is 1.62. The summed E-state index contributed by atoms with van der Waals surface area (Å²) in [7, 11) is -3.88. The van der Waals surface area contributed by atoms with Crippen molar-refractivity contribution in [3.05, 3.63) is 77.4 Å². The van der Waals surface area contributed by atoms with Crippen LogP contribution in [0.1, 0.15) is 54.5 Å². The van der Waals surface area contributed by atoms with Crippen molar-refractivity contribution in [3.8, 4) is 0 Å². The summed E-state index contributed by atoms with van der Waals surface area (Å²) in [6, 6.07) is 14.3. The van der Waals surface area contributed by atoms with Crippen molar-refractivity contribution in [2.45, 2.75) is 60.4 Å². The Hall–Kier alpha value is -2.24. The molecule has 6 atom stereocenters. The van der Waals surface area contributed by atoms with Crippen LogP contribution in [-0.2, 0) is 14.6 Å². The molecule has 2 aromatic rings. The van der Waals surface area contributed by atoms with Crippen LogP contribution in [-0.4, -0.2) is 29.9 Å². The normalized spacial score (nSPS) is 36.5. The van der Waals surface area contributed by atoms with Gasteiger partial charge in [0.1, 0.15) is 0 Å². The number of aryl methyl sites for hydroxylation is 1. The van der Waals surface area contributed by atoms with Crippen molar-refractivity contribution >= 4 is 15.6 Å². The van der Waals surface area contributed by atoms with Gasteiger partial charge in [0.05, 0.1) is 17.0 Å². The number of hydrogen-bond acceptors (Lipinski definition) is 4. The lowest BCUT2D eigenvalue weighted by Gasteiger charge is -2.50. The summed E-state index contributed by atoms with van der Waals surface area (Å²) in [5.41, 5.74) is 4.13. The van der Waals surface area contributed by atoms with Crippen molar-refractivity contribution in [3.63, 3.8) is 0 Å². The topological polar surface area (TPSA) is 54.5 Å². The van der Waals surface area contributed by atoms with Crippen molar-refractivity contribution < 1.29 is 13.2 Å². The van der Waals surface area contributed by atoms with Crippen molar-refractivity contribution in [2.75, 3.05) is 0 Å². The third kappa shape index (κ3) is 2.00. The molecule has 4 unspecified atom stereocenters. The monoisotopic (exact) mass is 419 g/mol. The molecule has 2 saturated heterocycles. The van der Waals surface area contributed by atoms with Crippen LogP contribution in [0.5, 0.6) is 0 Å². The van der Waals surface area contributed by atoms with Gasteiger partial charge in [-0.2, -0.15) is 0 Å². The maximum Gasteiger partial charge on any atom is 0.193 e. The number of nitrogens with zero attached hydrogens (tertiary/aromatic N) is 1. The van der Waals surface area contributed by atoms with E-state index in [0.717, 1.165) is 41.5 Å². The van der Waals surface area contributed by atoms with E-state index in [1.54, 1.807) is 12.1 Å². The van der Waals surface area contributed by atoms with Gasteiger partial charge >= 0.3 is 0 Å². The number of carbonyl (C=O) groups excluding carboxylic acids is 1. The van der Waals surface area contributed by atoms with Crippen molar-refractivity contribution in [2.24, 2.45) is 5.92 Å². The second kappa shape index (κ2) is 5.92. The third-order valence-electron chi connectivity index (χ3n) is 7.99. The Labute approximate surface area is 177 Å². The highest BCUT2D eigenvalue weighted by molar-refractivity contribution is 7.93. The molecule has 1 saturated carbocycles. The lowest BCUT2D eigenvalue weighted by Crippen LogP contribution is -2.57. The molecule has 0 aromatic heterocycles. The molecular formula is C25H25NO3S. The maximum atomic E-state index is 14.2. The Morgan fingerprint density at radius 3 is 2.50 bits per heavy atom. The third-order valence-corrected chi connectivity index (χ3v) is 10.4. The van der Waals surface area contributed by atoms with E-state index in [1.807, 2.05) is 43.3 Å². The van der Waals surface area contributed by atoms with Gasteiger partial charge in [-0.05, 0) is 61.8 Å². The summed E-state index contributed by atoms with van der Waals surface area (Å²) in [6.07, 6.45) is 3.33. The number of Topliss-reactive ketones (excluding diaryl/α,β-unsaturated/α-hetero) is 1. The molecule has 2 aromatic carbocycles. The Bertz CT molecular complexity index is 1200. The van der Waals surface area contributed by atoms with Gasteiger partial charge in [-0.3, -0.25) is 9.69 Å². The van der Waals surface area contributed by atoms with E-state index in [-0.39, 0.29) is 22.6 Å². The predicted octanol–water partition coefficient (Wildman–Crippen LogP) is 4.32. The molecule has 4 aliphatic rings. The molecule has 0 N–H and O–H groups in total. The van der Waals surface area contributed by atoms with Crippen molar-refractivity contribution in [1.82, 2.24) is 4.90 Å². The minimum Gasteiger partial charge on any atom is -0.296 e. The predicted molar refractivity (Wildman–Crippen MR) is 115 cm³/mol. The molecular weight excluding hydrogens is 394 g/mol. The average molecular weight is 420 g/mol. The average Bonchev–Trinajstić information content (AvgIpc) is 3.17. The number of carbonyl (C=O) groups is 1. The molecule has 3 heterocycles. The summed E-state index contributed by atoms with van der Waals surface area (Å²) in [6.45, 7) is 6.24. The molecule has 0 spiro atoms. The second-order valence-corrected chi connectivity index (χ2v) is 11.6. The minimum absolute atomic E-state index is 0.0542. The standard InChI is InChI=1S/C25H25NO3S/c1-15-10-12-17(13-11-15)30(28,29)25-14-20-16(2)6-5-9-21(20)26-22(24(25)27)18-7-3-4-8-19(18)23(25)26/h3-4,7-8,10-13,20-23H,2,5-6,9,14H2,1H3/t20-,21-,22?,23?,25?/m1/s1. The Kier molecular flexibility index (Phi) is 3.66. The zero-order chi connectivity index (χ0) is 20.8. The number of hydrogen-bond donors (Lipinski definition) is 0. The van der Waals surface area contributed by atoms with Gasteiger partial charge in [0.25, 0.3) is 0 Å². The van der Waals surface area contributed by atoms with Crippen LogP contribution in [0.25, 0.3) is 0 Å². The van der Waals surface area contributed by atoms with Crippen molar-refractivity contribution in [1.29, 1.82) is 0 Å². The molecule has 154 valence electrons. The fourth-order valence-corrected chi connectivity index (χ4v) is 8.92. The molecule has 3 aliphatic heterocycles. The van der Waals surface area contributed by atoms with E-state index in [4.69, 9.17) is 0 Å². The van der Waals surface area contributed by atoms with Gasteiger partial charge in [-0.15, -0.1) is 0 Å². The smallest absolute Gasteiger partial charge is 0.193 e. The number of sulfone groups is 1. The second-order valence-electron chi connectivity index (χ2n) is 9.38. The number of fused-ring (bicyclic) bond motifs is 3. The van der Waals surface area contributed by atoms with Crippen LogP contribution >= 0.6 is 0 Å². The van der Waals surface area contributed by atoms with E-state index in [9.17, 15) is 13.2 Å². The molecule has 6 rings (SSSR count). The van der Waals surface area contributed by atoms with E-state index >= 15 is 0 Å². The molecule has 0 radical (unpaired) electrons. The Morgan fingerprint density at radius 2 is 1.77 bits per heavy atom. The molecule has 1 aliphatic carbocycles. The largest absolute Gasteiger partial charge is 0.296 e. The van der Waals surface area contributed by atoms with Gasteiger partial charge in [-0.1, -0.05) is 54.1 Å². The number of rotatable bonds is 2. The zero-order valence-corrected chi connectivity index (χ0v) is 17.9. The lowest BCUT2D eigenvalue weighted by atomic mass is 9.69. The van der Waals surface area contributed by atoms with Crippen LogP contribution in [0, 0.1) is 12.8 Å². The highest BCUT2D eigenvalue weighted by Gasteiger charge is 2.75. The van der Waals surface area contributed by atoms with Crippen LogP contribution in [0.3, 0.4) is 0 Å². The zero-order valence-electron chi connectivity index (χ0n) is 17.0. The first-order valence-corrected chi connectivity index (χ1v) is 12.3.